The summed E-state index contributed by atoms with van der Waals surface area (Å²) in [5.74, 6) is 2.04. The molecule has 1 aliphatic rings. The van der Waals surface area contributed by atoms with Crippen LogP contribution in [0.5, 0.6) is 0 Å². The van der Waals surface area contributed by atoms with E-state index in [9.17, 15) is 0 Å². The highest BCUT2D eigenvalue weighted by Gasteiger charge is 2.24. The van der Waals surface area contributed by atoms with Gasteiger partial charge in [-0.1, -0.05) is 35.5 Å². The number of hydrogen-bond acceptors (Lipinski definition) is 4. The fourth-order valence-electron chi connectivity index (χ4n) is 3.12. The van der Waals surface area contributed by atoms with Gasteiger partial charge < -0.3 is 8.94 Å². The first-order valence-corrected chi connectivity index (χ1v) is 7.65. The summed E-state index contributed by atoms with van der Waals surface area (Å²) in [6.07, 6.45) is 2.84. The maximum Gasteiger partial charge on any atom is 0.202 e. The van der Waals surface area contributed by atoms with Gasteiger partial charge in [0.2, 0.25) is 5.76 Å². The number of aromatic nitrogens is 1. The third-order valence-corrected chi connectivity index (χ3v) is 4.25. The molecule has 0 amide bonds. The summed E-state index contributed by atoms with van der Waals surface area (Å²) in [4.78, 5) is 2.43. The minimum Gasteiger partial charge on any atom is -0.461 e. The molecular weight excluding hydrogens is 276 g/mol. The molecule has 112 valence electrons. The van der Waals surface area contributed by atoms with Crippen LogP contribution in [0.3, 0.4) is 0 Å². The third-order valence-electron chi connectivity index (χ3n) is 4.25. The summed E-state index contributed by atoms with van der Waals surface area (Å²) in [6, 6.07) is 16.4. The standard InChI is InChI=1S/C18H18N2O2/c1-2-5-14(6-3-1)15-8-9-20(12-15)13-16-11-18(22-19-16)17-7-4-10-21-17/h1-7,10-11,15H,8-9,12-13H2. The van der Waals surface area contributed by atoms with Gasteiger partial charge in [0.1, 0.15) is 0 Å². The van der Waals surface area contributed by atoms with Gasteiger partial charge >= 0.3 is 0 Å². The Morgan fingerprint density at radius 1 is 1.09 bits per heavy atom. The van der Waals surface area contributed by atoms with Crippen molar-refractivity contribution in [3.63, 3.8) is 0 Å². The Hall–Kier alpha value is -2.33. The monoisotopic (exact) mass is 294 g/mol. The maximum absolute atomic E-state index is 5.36. The van der Waals surface area contributed by atoms with Crippen LogP contribution >= 0.6 is 0 Å². The largest absolute Gasteiger partial charge is 0.461 e. The van der Waals surface area contributed by atoms with Crippen LogP contribution in [-0.4, -0.2) is 23.1 Å². The van der Waals surface area contributed by atoms with E-state index in [0.717, 1.165) is 31.1 Å². The van der Waals surface area contributed by atoms with Gasteiger partial charge in [-0.05, 0) is 36.6 Å². The molecule has 4 heteroatoms. The predicted molar refractivity (Wildman–Crippen MR) is 83.3 cm³/mol. The molecule has 0 aliphatic carbocycles. The maximum atomic E-state index is 5.36. The van der Waals surface area contributed by atoms with Crippen LogP contribution < -0.4 is 0 Å². The number of furan rings is 1. The van der Waals surface area contributed by atoms with E-state index in [0.29, 0.717) is 11.7 Å². The lowest BCUT2D eigenvalue weighted by Gasteiger charge is -2.14. The average molecular weight is 294 g/mol. The normalized spacial score (nSPS) is 18.8. The topological polar surface area (TPSA) is 42.4 Å². The van der Waals surface area contributed by atoms with E-state index < -0.39 is 0 Å². The highest BCUT2D eigenvalue weighted by atomic mass is 16.5. The molecule has 1 aliphatic heterocycles. The summed E-state index contributed by atoms with van der Waals surface area (Å²) in [6.45, 7) is 3.00. The molecule has 2 aromatic heterocycles. The van der Waals surface area contributed by atoms with Crippen LogP contribution in [0.2, 0.25) is 0 Å². The first kappa shape index (κ1) is 13.3. The second-order valence-corrected chi connectivity index (χ2v) is 5.79. The van der Waals surface area contributed by atoms with Gasteiger partial charge in [0, 0.05) is 19.2 Å². The fourth-order valence-corrected chi connectivity index (χ4v) is 3.12. The molecule has 1 atom stereocenters. The van der Waals surface area contributed by atoms with Crippen LogP contribution in [0.25, 0.3) is 11.5 Å². The molecule has 0 radical (unpaired) electrons. The first-order chi connectivity index (χ1) is 10.9. The first-order valence-electron chi connectivity index (χ1n) is 7.65. The molecule has 0 bridgehead atoms. The van der Waals surface area contributed by atoms with Crippen LogP contribution in [-0.2, 0) is 6.54 Å². The van der Waals surface area contributed by atoms with Gasteiger partial charge in [-0.25, -0.2) is 0 Å². The van der Waals surface area contributed by atoms with Crippen LogP contribution in [0, 0.1) is 0 Å². The molecule has 1 fully saturated rings. The molecule has 22 heavy (non-hydrogen) atoms. The van der Waals surface area contributed by atoms with Gasteiger partial charge in [-0.3, -0.25) is 4.90 Å². The second kappa shape index (κ2) is 5.81. The lowest BCUT2D eigenvalue weighted by Crippen LogP contribution is -2.19. The lowest BCUT2D eigenvalue weighted by atomic mass is 9.99. The van der Waals surface area contributed by atoms with E-state index in [1.54, 1.807) is 6.26 Å². The van der Waals surface area contributed by atoms with Crippen LogP contribution in [0.15, 0.2) is 63.7 Å². The van der Waals surface area contributed by atoms with Crippen molar-refractivity contribution in [2.75, 3.05) is 13.1 Å². The Labute approximate surface area is 129 Å². The van der Waals surface area contributed by atoms with Crippen LogP contribution in [0.4, 0.5) is 0 Å². The Bertz CT molecular complexity index is 719. The van der Waals surface area contributed by atoms with E-state index in [-0.39, 0.29) is 0 Å². The molecule has 1 unspecified atom stereocenters. The number of rotatable bonds is 4. The van der Waals surface area contributed by atoms with Gasteiger partial charge in [-0.15, -0.1) is 0 Å². The molecule has 1 saturated heterocycles. The summed E-state index contributed by atoms with van der Waals surface area (Å²) < 4.78 is 10.7. The highest BCUT2D eigenvalue weighted by Crippen LogP contribution is 2.28. The minimum atomic E-state index is 0.623. The lowest BCUT2D eigenvalue weighted by molar-refractivity contribution is 0.310. The third kappa shape index (κ3) is 2.70. The molecular formula is C18H18N2O2. The van der Waals surface area contributed by atoms with Gasteiger partial charge in [-0.2, -0.15) is 0 Å². The van der Waals surface area contributed by atoms with Crippen molar-refractivity contribution < 1.29 is 8.94 Å². The van der Waals surface area contributed by atoms with Crippen molar-refractivity contribution >= 4 is 0 Å². The summed E-state index contributed by atoms with van der Waals surface area (Å²) in [7, 11) is 0. The fraction of sp³-hybridized carbons (Fsp3) is 0.278. The average Bonchev–Trinajstić information content (AvgIpc) is 3.30. The second-order valence-electron chi connectivity index (χ2n) is 5.79. The van der Waals surface area contributed by atoms with Crippen molar-refractivity contribution in [1.29, 1.82) is 0 Å². The van der Waals surface area contributed by atoms with Crippen molar-refractivity contribution in [1.82, 2.24) is 10.1 Å². The number of nitrogens with zero attached hydrogens (tertiary/aromatic N) is 2. The number of hydrogen-bond donors (Lipinski definition) is 0. The molecule has 4 nitrogen and oxygen atoms in total. The zero-order valence-corrected chi connectivity index (χ0v) is 12.3. The minimum absolute atomic E-state index is 0.623. The summed E-state index contributed by atoms with van der Waals surface area (Å²) in [5.41, 5.74) is 2.39. The van der Waals surface area contributed by atoms with Crippen molar-refractivity contribution in [3.05, 3.63) is 66.1 Å². The Balaban J connectivity index is 1.41. The molecule has 0 spiro atoms. The Morgan fingerprint density at radius 2 is 2.00 bits per heavy atom. The highest BCUT2D eigenvalue weighted by molar-refractivity contribution is 5.49. The summed E-state index contributed by atoms with van der Waals surface area (Å²) >= 11 is 0. The van der Waals surface area contributed by atoms with E-state index in [4.69, 9.17) is 8.94 Å². The van der Waals surface area contributed by atoms with E-state index in [1.165, 1.54) is 12.0 Å². The Morgan fingerprint density at radius 3 is 2.82 bits per heavy atom. The van der Waals surface area contributed by atoms with Crippen molar-refractivity contribution in [3.8, 4) is 11.5 Å². The van der Waals surface area contributed by atoms with E-state index >= 15 is 0 Å². The van der Waals surface area contributed by atoms with E-state index in [2.05, 4.69) is 40.4 Å². The molecule has 0 N–H and O–H groups in total. The zero-order chi connectivity index (χ0) is 14.8. The van der Waals surface area contributed by atoms with Crippen LogP contribution in [0.1, 0.15) is 23.6 Å². The SMILES string of the molecule is c1ccc(C2CCN(Cc3cc(-c4ccco4)on3)C2)cc1. The summed E-state index contributed by atoms with van der Waals surface area (Å²) in [5, 5.41) is 4.16. The molecule has 3 aromatic rings. The van der Waals surface area contributed by atoms with Crippen molar-refractivity contribution in [2.45, 2.75) is 18.9 Å². The number of likely N-dealkylation sites (tertiary alicyclic amines) is 1. The smallest absolute Gasteiger partial charge is 0.202 e. The van der Waals surface area contributed by atoms with Gasteiger partial charge in [0.05, 0.1) is 12.0 Å². The molecule has 3 heterocycles. The molecule has 4 rings (SSSR count). The predicted octanol–water partition coefficient (Wildman–Crippen LogP) is 3.92. The van der Waals surface area contributed by atoms with Gasteiger partial charge in [0.25, 0.3) is 0 Å². The molecule has 0 saturated carbocycles. The molecule has 1 aromatic carbocycles. The number of benzene rings is 1. The zero-order valence-electron chi connectivity index (χ0n) is 12.3. The quantitative estimate of drug-likeness (QED) is 0.731. The van der Waals surface area contributed by atoms with Crippen molar-refractivity contribution in [2.24, 2.45) is 0 Å². The van der Waals surface area contributed by atoms with Gasteiger partial charge in [0.15, 0.2) is 5.76 Å². The Kier molecular flexibility index (Phi) is 3.52. The van der Waals surface area contributed by atoms with E-state index in [1.807, 2.05) is 18.2 Å².